The highest BCUT2D eigenvalue weighted by Gasteiger charge is 2.31. The van der Waals surface area contributed by atoms with E-state index in [1.54, 1.807) is 19.0 Å². The molecule has 0 bridgehead atoms. The first kappa shape index (κ1) is 22.2. The molecule has 142 valence electrons. The van der Waals surface area contributed by atoms with E-state index in [1.807, 2.05) is 30.3 Å². The van der Waals surface area contributed by atoms with Crippen LogP contribution < -0.4 is 0 Å². The number of rotatable bonds is 5. The SMILES string of the molecule is COC(=O)C(C(=O)OC)=C(/C(I)=C(/c1ccccc1)C(C)(C)C)N(C)C. The Morgan fingerprint density at radius 1 is 0.962 bits per heavy atom. The van der Waals surface area contributed by atoms with E-state index in [4.69, 9.17) is 9.47 Å². The van der Waals surface area contributed by atoms with Gasteiger partial charge in [-0.3, -0.25) is 0 Å². The van der Waals surface area contributed by atoms with Crippen LogP contribution in [-0.4, -0.2) is 45.2 Å². The number of esters is 2. The predicted octanol–water partition coefficient (Wildman–Crippen LogP) is 4.04. The molecule has 0 unspecified atom stereocenters. The maximum Gasteiger partial charge on any atom is 0.347 e. The first-order valence-corrected chi connectivity index (χ1v) is 9.18. The zero-order chi connectivity index (χ0) is 20.1. The van der Waals surface area contributed by atoms with Crippen molar-refractivity contribution < 1.29 is 19.1 Å². The van der Waals surface area contributed by atoms with Gasteiger partial charge in [-0.05, 0) is 39.1 Å². The summed E-state index contributed by atoms with van der Waals surface area (Å²) in [4.78, 5) is 26.4. The van der Waals surface area contributed by atoms with Crippen LogP contribution in [0.1, 0.15) is 26.3 Å². The number of hydrogen-bond donors (Lipinski definition) is 0. The lowest BCUT2D eigenvalue weighted by atomic mass is 9.81. The summed E-state index contributed by atoms with van der Waals surface area (Å²) >= 11 is 2.19. The molecule has 0 fully saturated rings. The maximum atomic E-state index is 12.3. The summed E-state index contributed by atoms with van der Waals surface area (Å²) in [5.41, 5.74) is 2.17. The van der Waals surface area contributed by atoms with Crippen molar-refractivity contribution in [3.05, 3.63) is 50.7 Å². The van der Waals surface area contributed by atoms with Crippen LogP contribution in [0.3, 0.4) is 0 Å². The van der Waals surface area contributed by atoms with Crippen LogP contribution in [-0.2, 0) is 19.1 Å². The summed E-state index contributed by atoms with van der Waals surface area (Å²) in [6.07, 6.45) is 0. The minimum atomic E-state index is -0.726. The summed E-state index contributed by atoms with van der Waals surface area (Å²) in [7, 11) is 6.06. The third-order valence-electron chi connectivity index (χ3n) is 3.70. The average molecular weight is 471 g/mol. The molecule has 5 nitrogen and oxygen atoms in total. The monoisotopic (exact) mass is 471 g/mol. The Morgan fingerprint density at radius 2 is 1.42 bits per heavy atom. The molecule has 0 aliphatic carbocycles. The van der Waals surface area contributed by atoms with Crippen molar-refractivity contribution in [2.24, 2.45) is 5.41 Å². The van der Waals surface area contributed by atoms with Gasteiger partial charge in [-0.1, -0.05) is 51.1 Å². The molecule has 0 aromatic heterocycles. The maximum absolute atomic E-state index is 12.3. The number of benzene rings is 1. The van der Waals surface area contributed by atoms with E-state index in [0.29, 0.717) is 5.70 Å². The molecular formula is C20H26INO4. The molecule has 0 spiro atoms. The minimum Gasteiger partial charge on any atom is -0.465 e. The van der Waals surface area contributed by atoms with Crippen LogP contribution in [0.2, 0.25) is 0 Å². The van der Waals surface area contributed by atoms with E-state index in [9.17, 15) is 9.59 Å². The Balaban J connectivity index is 3.94. The molecule has 1 rings (SSSR count). The van der Waals surface area contributed by atoms with E-state index in [-0.39, 0.29) is 11.0 Å². The van der Waals surface area contributed by atoms with Gasteiger partial charge in [-0.25, -0.2) is 9.59 Å². The quantitative estimate of drug-likeness (QED) is 0.162. The van der Waals surface area contributed by atoms with Crippen molar-refractivity contribution in [2.45, 2.75) is 20.8 Å². The zero-order valence-electron chi connectivity index (χ0n) is 16.3. The molecule has 1 aromatic rings. The van der Waals surface area contributed by atoms with Gasteiger partial charge in [0.05, 0.1) is 19.9 Å². The highest BCUT2D eigenvalue weighted by molar-refractivity contribution is 14.1. The third kappa shape index (κ3) is 5.09. The van der Waals surface area contributed by atoms with E-state index in [2.05, 4.69) is 43.4 Å². The highest BCUT2D eigenvalue weighted by Crippen LogP contribution is 2.42. The van der Waals surface area contributed by atoms with Crippen molar-refractivity contribution in [1.29, 1.82) is 0 Å². The third-order valence-corrected chi connectivity index (χ3v) is 4.75. The van der Waals surface area contributed by atoms with Crippen LogP contribution in [0.5, 0.6) is 0 Å². The largest absolute Gasteiger partial charge is 0.465 e. The van der Waals surface area contributed by atoms with Gasteiger partial charge in [-0.2, -0.15) is 0 Å². The molecule has 0 radical (unpaired) electrons. The van der Waals surface area contributed by atoms with E-state index >= 15 is 0 Å². The molecule has 0 aliphatic rings. The van der Waals surface area contributed by atoms with E-state index < -0.39 is 11.9 Å². The zero-order valence-corrected chi connectivity index (χ0v) is 18.5. The van der Waals surface area contributed by atoms with E-state index in [0.717, 1.165) is 14.7 Å². The fourth-order valence-corrected chi connectivity index (χ4v) is 4.50. The van der Waals surface area contributed by atoms with Crippen molar-refractivity contribution in [1.82, 2.24) is 4.90 Å². The second kappa shape index (κ2) is 9.21. The first-order chi connectivity index (χ1) is 12.1. The molecule has 0 aliphatic heterocycles. The number of allylic oxidation sites excluding steroid dienone is 2. The lowest BCUT2D eigenvalue weighted by Gasteiger charge is -2.29. The minimum absolute atomic E-state index is 0.123. The Labute approximate surface area is 169 Å². The molecule has 0 saturated carbocycles. The normalized spacial score (nSPS) is 12.0. The van der Waals surface area contributed by atoms with Crippen LogP contribution in [0.25, 0.3) is 5.57 Å². The van der Waals surface area contributed by atoms with Crippen LogP contribution in [0.4, 0.5) is 0 Å². The van der Waals surface area contributed by atoms with Crippen LogP contribution >= 0.6 is 22.6 Å². The molecule has 0 amide bonds. The predicted molar refractivity (Wildman–Crippen MR) is 112 cm³/mol. The molecule has 1 aromatic carbocycles. The molecule has 6 heteroatoms. The van der Waals surface area contributed by atoms with Gasteiger partial charge in [0.25, 0.3) is 0 Å². The summed E-state index contributed by atoms with van der Waals surface area (Å²) in [5.74, 6) is -1.45. The van der Waals surface area contributed by atoms with Gasteiger partial charge in [0.1, 0.15) is 0 Å². The number of halogens is 1. The molecule has 0 atom stereocenters. The molecule has 0 heterocycles. The number of hydrogen-bond acceptors (Lipinski definition) is 5. The molecular weight excluding hydrogens is 445 g/mol. The Hall–Kier alpha value is -1.83. The van der Waals surface area contributed by atoms with Gasteiger partial charge in [0.15, 0.2) is 5.57 Å². The number of carbonyl (C=O) groups excluding carboxylic acids is 2. The summed E-state index contributed by atoms with van der Waals surface area (Å²) < 4.78 is 10.5. The number of likely N-dealkylation sites (N-methyl/N-ethyl adjacent to an activating group) is 1. The Bertz CT molecular complexity index is 710. The van der Waals surface area contributed by atoms with Gasteiger partial charge >= 0.3 is 11.9 Å². The fraction of sp³-hybridized carbons (Fsp3) is 0.400. The smallest absolute Gasteiger partial charge is 0.347 e. The molecule has 0 saturated heterocycles. The van der Waals surface area contributed by atoms with Crippen LogP contribution in [0.15, 0.2) is 45.2 Å². The van der Waals surface area contributed by atoms with Crippen molar-refractivity contribution >= 4 is 40.1 Å². The average Bonchev–Trinajstić information content (AvgIpc) is 2.57. The lowest BCUT2D eigenvalue weighted by molar-refractivity contribution is -0.144. The summed E-state index contributed by atoms with van der Waals surface area (Å²) in [6, 6.07) is 9.91. The number of methoxy groups -OCH3 is 2. The number of carbonyl (C=O) groups is 2. The fourth-order valence-electron chi connectivity index (χ4n) is 2.62. The number of ether oxygens (including phenoxy) is 2. The van der Waals surface area contributed by atoms with Gasteiger partial charge < -0.3 is 14.4 Å². The first-order valence-electron chi connectivity index (χ1n) is 8.10. The summed E-state index contributed by atoms with van der Waals surface area (Å²) in [6.45, 7) is 6.28. The van der Waals surface area contributed by atoms with Crippen molar-refractivity contribution in [3.63, 3.8) is 0 Å². The Kier molecular flexibility index (Phi) is 7.87. The standard InChI is InChI=1S/C20H26INO4/c1-20(2,3)15(13-11-9-8-10-12-13)16(21)17(22(4)5)14(18(23)25-6)19(24)26-7/h8-12H,1-7H3/b16-15+. The topological polar surface area (TPSA) is 55.8 Å². The van der Waals surface area contributed by atoms with Gasteiger partial charge in [0, 0.05) is 17.7 Å². The van der Waals surface area contributed by atoms with E-state index in [1.165, 1.54) is 14.2 Å². The lowest BCUT2D eigenvalue weighted by Crippen LogP contribution is -2.26. The summed E-state index contributed by atoms with van der Waals surface area (Å²) in [5, 5.41) is 0. The van der Waals surface area contributed by atoms with Crippen molar-refractivity contribution in [2.75, 3.05) is 28.3 Å². The van der Waals surface area contributed by atoms with Crippen LogP contribution in [0, 0.1) is 5.41 Å². The van der Waals surface area contributed by atoms with Crippen molar-refractivity contribution in [3.8, 4) is 0 Å². The molecule has 26 heavy (non-hydrogen) atoms. The number of nitrogens with zero attached hydrogens (tertiary/aromatic N) is 1. The van der Waals surface area contributed by atoms with Gasteiger partial charge in [0.2, 0.25) is 0 Å². The second-order valence-electron chi connectivity index (χ2n) is 6.91. The molecule has 0 N–H and O–H groups in total. The van der Waals surface area contributed by atoms with Gasteiger partial charge in [-0.15, -0.1) is 0 Å². The Morgan fingerprint density at radius 3 is 1.77 bits per heavy atom. The highest BCUT2D eigenvalue weighted by atomic mass is 127. The second-order valence-corrected chi connectivity index (χ2v) is 7.98.